The van der Waals surface area contributed by atoms with Crippen LogP contribution in [0, 0.1) is 0 Å². The zero-order chi connectivity index (χ0) is 16.0. The third-order valence-corrected chi connectivity index (χ3v) is 2.73. The quantitative estimate of drug-likeness (QED) is 0.776. The molecule has 7 heteroatoms. The number of rotatable bonds is 5. The molecule has 1 aromatic carbocycles. The zero-order valence-corrected chi connectivity index (χ0v) is 13.0. The Morgan fingerprint density at radius 3 is 2.48 bits per heavy atom. The first-order valence-electron chi connectivity index (χ1n) is 6.46. The van der Waals surface area contributed by atoms with Crippen LogP contribution in [0.3, 0.4) is 0 Å². The molecule has 0 aliphatic rings. The molecule has 6 nitrogen and oxygen atoms in total. The number of anilines is 1. The van der Waals surface area contributed by atoms with E-state index in [0.717, 1.165) is 0 Å². The van der Waals surface area contributed by atoms with Crippen molar-refractivity contribution in [3.8, 4) is 0 Å². The van der Waals surface area contributed by atoms with Crippen molar-refractivity contribution in [2.45, 2.75) is 32.4 Å². The predicted octanol–water partition coefficient (Wildman–Crippen LogP) is 2.13. The van der Waals surface area contributed by atoms with Crippen LogP contribution in [0.15, 0.2) is 24.3 Å². The lowest BCUT2D eigenvalue weighted by Gasteiger charge is -2.22. The molecule has 1 unspecified atom stereocenters. The van der Waals surface area contributed by atoms with Crippen molar-refractivity contribution < 1.29 is 14.3 Å². The minimum atomic E-state index is -0.794. The maximum absolute atomic E-state index is 11.6. The minimum Gasteiger partial charge on any atom is -0.444 e. The maximum atomic E-state index is 11.6. The number of benzene rings is 1. The van der Waals surface area contributed by atoms with Gasteiger partial charge in [0.05, 0.1) is 17.3 Å². The molecule has 21 heavy (non-hydrogen) atoms. The van der Waals surface area contributed by atoms with Gasteiger partial charge in [0.2, 0.25) is 5.91 Å². The molecular formula is C14H20ClN3O3. The highest BCUT2D eigenvalue weighted by Crippen LogP contribution is 2.21. The van der Waals surface area contributed by atoms with Gasteiger partial charge in [-0.25, -0.2) is 4.79 Å². The lowest BCUT2D eigenvalue weighted by Crippen LogP contribution is -2.46. The first-order valence-corrected chi connectivity index (χ1v) is 6.84. The first kappa shape index (κ1) is 17.1. The maximum Gasteiger partial charge on any atom is 0.407 e. The Bertz CT molecular complexity index is 514. The number of carbonyl (C=O) groups is 2. The molecule has 0 saturated carbocycles. The van der Waals surface area contributed by atoms with E-state index in [0.29, 0.717) is 10.7 Å². The fourth-order valence-electron chi connectivity index (χ4n) is 1.49. The lowest BCUT2D eigenvalue weighted by atomic mass is 10.2. The van der Waals surface area contributed by atoms with Gasteiger partial charge in [0.25, 0.3) is 0 Å². The van der Waals surface area contributed by atoms with E-state index in [1.807, 2.05) is 0 Å². The normalized spacial score (nSPS) is 12.4. The summed E-state index contributed by atoms with van der Waals surface area (Å²) in [5.41, 5.74) is 5.27. The topological polar surface area (TPSA) is 93.4 Å². The summed E-state index contributed by atoms with van der Waals surface area (Å²) >= 11 is 6.00. The van der Waals surface area contributed by atoms with Gasteiger partial charge in [0.15, 0.2) is 0 Å². The molecule has 0 heterocycles. The van der Waals surface area contributed by atoms with Crippen LogP contribution in [0.4, 0.5) is 10.5 Å². The van der Waals surface area contributed by atoms with Crippen molar-refractivity contribution in [2.75, 3.05) is 11.9 Å². The van der Waals surface area contributed by atoms with Crippen molar-refractivity contribution in [1.29, 1.82) is 0 Å². The molecule has 0 aromatic heterocycles. The Morgan fingerprint density at radius 2 is 1.95 bits per heavy atom. The summed E-state index contributed by atoms with van der Waals surface area (Å²) in [5, 5.41) is 5.84. The smallest absolute Gasteiger partial charge is 0.407 e. The molecule has 0 bridgehead atoms. The average Bonchev–Trinajstić information content (AvgIpc) is 2.34. The highest BCUT2D eigenvalue weighted by molar-refractivity contribution is 6.33. The molecule has 4 N–H and O–H groups in total. The van der Waals surface area contributed by atoms with Crippen molar-refractivity contribution in [3.05, 3.63) is 29.3 Å². The van der Waals surface area contributed by atoms with Crippen LogP contribution in [0.2, 0.25) is 5.02 Å². The van der Waals surface area contributed by atoms with Crippen LogP contribution >= 0.6 is 11.6 Å². The number of para-hydroxylation sites is 1. The van der Waals surface area contributed by atoms with Crippen LogP contribution in [0.5, 0.6) is 0 Å². The fourth-order valence-corrected chi connectivity index (χ4v) is 1.68. The molecule has 2 amide bonds. The molecule has 1 aromatic rings. The average molecular weight is 314 g/mol. The number of alkyl carbamates (subject to hydrolysis) is 1. The number of nitrogens with two attached hydrogens (primary N) is 1. The highest BCUT2D eigenvalue weighted by Gasteiger charge is 2.20. The van der Waals surface area contributed by atoms with E-state index < -0.39 is 23.6 Å². The monoisotopic (exact) mass is 313 g/mol. The van der Waals surface area contributed by atoms with Gasteiger partial charge in [0.1, 0.15) is 11.6 Å². The molecule has 1 atom stereocenters. The summed E-state index contributed by atoms with van der Waals surface area (Å²) in [7, 11) is 0. The third-order valence-electron chi connectivity index (χ3n) is 2.40. The molecule has 0 spiro atoms. The van der Waals surface area contributed by atoms with Gasteiger partial charge in [-0.1, -0.05) is 23.7 Å². The predicted molar refractivity (Wildman–Crippen MR) is 82.3 cm³/mol. The van der Waals surface area contributed by atoms with Gasteiger partial charge in [0, 0.05) is 0 Å². The van der Waals surface area contributed by atoms with Crippen molar-refractivity contribution in [1.82, 2.24) is 5.32 Å². The Morgan fingerprint density at radius 1 is 1.33 bits per heavy atom. The number of nitrogens with one attached hydrogen (secondary N) is 2. The van der Waals surface area contributed by atoms with E-state index in [1.165, 1.54) is 0 Å². The second kappa shape index (κ2) is 7.17. The summed E-state index contributed by atoms with van der Waals surface area (Å²) < 4.78 is 5.09. The van der Waals surface area contributed by atoms with Gasteiger partial charge in [-0.2, -0.15) is 0 Å². The first-order chi connectivity index (χ1) is 9.69. The SMILES string of the molecule is CC(C)(C)OC(=O)NCC(Nc1ccccc1Cl)C(N)=O. The van der Waals surface area contributed by atoms with Crippen LogP contribution in [0.25, 0.3) is 0 Å². The summed E-state index contributed by atoms with van der Waals surface area (Å²) in [6, 6.07) is 6.14. The van der Waals surface area contributed by atoms with Gasteiger partial charge in [-0.3, -0.25) is 4.79 Å². The van der Waals surface area contributed by atoms with Crippen molar-refractivity contribution >= 4 is 29.3 Å². The van der Waals surface area contributed by atoms with Crippen LogP contribution in [0.1, 0.15) is 20.8 Å². The molecule has 0 aliphatic heterocycles. The van der Waals surface area contributed by atoms with E-state index in [1.54, 1.807) is 45.0 Å². The molecule has 0 aliphatic carbocycles. The molecule has 0 saturated heterocycles. The van der Waals surface area contributed by atoms with Crippen molar-refractivity contribution in [2.24, 2.45) is 5.73 Å². The molecule has 0 fully saturated rings. The molecule has 116 valence electrons. The van der Waals surface area contributed by atoms with Crippen molar-refractivity contribution in [3.63, 3.8) is 0 Å². The Kier molecular flexibility index (Phi) is 5.84. The van der Waals surface area contributed by atoms with Gasteiger partial charge in [-0.05, 0) is 32.9 Å². The summed E-state index contributed by atoms with van der Waals surface area (Å²) in [5.74, 6) is -0.606. The van der Waals surface area contributed by atoms with Gasteiger partial charge in [-0.15, -0.1) is 0 Å². The number of ether oxygens (including phenoxy) is 1. The zero-order valence-electron chi connectivity index (χ0n) is 12.3. The second-order valence-corrected chi connectivity index (χ2v) is 5.87. The Labute approximate surface area is 129 Å². The van der Waals surface area contributed by atoms with E-state index in [2.05, 4.69) is 10.6 Å². The lowest BCUT2D eigenvalue weighted by molar-refractivity contribution is -0.118. The number of hydrogen-bond donors (Lipinski definition) is 3. The Balaban J connectivity index is 2.61. The fraction of sp³-hybridized carbons (Fsp3) is 0.429. The number of amides is 2. The van der Waals surface area contributed by atoms with E-state index in [9.17, 15) is 9.59 Å². The summed E-state index contributed by atoms with van der Waals surface area (Å²) in [6.45, 7) is 5.25. The molecular weight excluding hydrogens is 294 g/mol. The Hall–Kier alpha value is -1.95. The van der Waals surface area contributed by atoms with E-state index >= 15 is 0 Å². The molecule has 1 rings (SSSR count). The summed E-state index contributed by atoms with van der Waals surface area (Å²) in [6.07, 6.45) is -0.616. The van der Waals surface area contributed by atoms with Crippen LogP contribution in [-0.4, -0.2) is 30.2 Å². The van der Waals surface area contributed by atoms with Gasteiger partial charge >= 0.3 is 6.09 Å². The van der Waals surface area contributed by atoms with E-state index in [-0.39, 0.29) is 6.54 Å². The second-order valence-electron chi connectivity index (χ2n) is 5.46. The number of carbonyl (C=O) groups excluding carboxylic acids is 2. The third kappa shape index (κ3) is 6.35. The highest BCUT2D eigenvalue weighted by atomic mass is 35.5. The van der Waals surface area contributed by atoms with E-state index in [4.69, 9.17) is 22.1 Å². The van der Waals surface area contributed by atoms with Crippen LogP contribution in [-0.2, 0) is 9.53 Å². The number of primary amides is 1. The summed E-state index contributed by atoms with van der Waals surface area (Å²) in [4.78, 5) is 23.0. The molecule has 0 radical (unpaired) electrons. The van der Waals surface area contributed by atoms with Gasteiger partial charge < -0.3 is 21.1 Å². The largest absolute Gasteiger partial charge is 0.444 e. The number of halogens is 1. The minimum absolute atomic E-state index is 0.00449. The number of hydrogen-bond acceptors (Lipinski definition) is 4. The standard InChI is InChI=1S/C14H20ClN3O3/c1-14(2,3)21-13(20)17-8-11(12(16)19)18-10-7-5-4-6-9(10)15/h4-7,11,18H,8H2,1-3H3,(H2,16,19)(H,17,20). The van der Waals surface area contributed by atoms with Crippen LogP contribution < -0.4 is 16.4 Å².